The van der Waals surface area contributed by atoms with Gasteiger partial charge in [-0.05, 0) is 128 Å². The Bertz CT molecular complexity index is 2030. The standard InChI is InChI=1S/C73H114O12/c1-4-7-10-13-16-19-22-25-28-31-33-36-38-41-44-47-50-53-56-59-65(74)81-62-64(83-66(75)60-57-54-51-48-45-42-40-37-34-32-29-26-23-20-17-14-11-8-5-2)63-82-73-71(69(78)68(77)70(85-73)72(79)80)84-67(76)61-58-55-52-49-46-43-39-35-30-27-24-21-18-15-12-9-6-3/h7-8,10-11,16-21,25-30,33-34,36-37,41,44,50,53,64,68-71,73,77-78H,4-6,9,12-15,22-24,31-32,35,38-40,42-43,45-49,51-52,54-63H2,1-3H3,(H,79,80)/b10-7-,11-8-,19-16-,20-17-,21-18-,28-25-,29-26-,30-27-,36-33-,37-34-,44-41-,53-50-. The molecule has 0 spiro atoms. The molecular weight excluding hydrogens is 1070 g/mol. The second-order valence-electron chi connectivity index (χ2n) is 21.6. The maximum absolute atomic E-state index is 13.2. The molecule has 0 aromatic carbocycles. The maximum atomic E-state index is 13.2. The number of carboxylic acid groups (broad SMARTS) is 1. The minimum Gasteiger partial charge on any atom is -0.479 e. The summed E-state index contributed by atoms with van der Waals surface area (Å²) in [5.74, 6) is -3.28. The Balaban J connectivity index is 2.73. The van der Waals surface area contributed by atoms with Gasteiger partial charge in [0.1, 0.15) is 18.8 Å². The quantitative estimate of drug-likeness (QED) is 0.0228. The Morgan fingerprint density at radius 3 is 1.18 bits per heavy atom. The Morgan fingerprint density at radius 1 is 0.400 bits per heavy atom. The molecule has 1 rings (SSSR count). The van der Waals surface area contributed by atoms with Crippen molar-refractivity contribution in [1.82, 2.24) is 0 Å². The molecule has 1 aliphatic rings. The molecule has 478 valence electrons. The second kappa shape index (κ2) is 59.0. The summed E-state index contributed by atoms with van der Waals surface area (Å²) in [5, 5.41) is 31.6. The molecular formula is C73H114O12. The summed E-state index contributed by atoms with van der Waals surface area (Å²) in [7, 11) is 0. The second-order valence-corrected chi connectivity index (χ2v) is 21.6. The average Bonchev–Trinajstić information content (AvgIpc) is 3.46. The lowest BCUT2D eigenvalue weighted by molar-refractivity contribution is -0.301. The summed E-state index contributed by atoms with van der Waals surface area (Å²) < 4.78 is 28.4. The van der Waals surface area contributed by atoms with E-state index in [4.69, 9.17) is 23.7 Å². The topological polar surface area (TPSA) is 175 Å². The molecule has 0 aromatic heterocycles. The van der Waals surface area contributed by atoms with E-state index in [-0.39, 0.29) is 25.9 Å². The van der Waals surface area contributed by atoms with E-state index in [0.29, 0.717) is 19.3 Å². The zero-order valence-corrected chi connectivity index (χ0v) is 52.8. The van der Waals surface area contributed by atoms with Crippen LogP contribution >= 0.6 is 0 Å². The highest BCUT2D eigenvalue weighted by Crippen LogP contribution is 2.26. The lowest BCUT2D eigenvalue weighted by atomic mass is 9.98. The Hall–Kier alpha value is -5.40. The van der Waals surface area contributed by atoms with Gasteiger partial charge in [-0.15, -0.1) is 0 Å². The van der Waals surface area contributed by atoms with Crippen LogP contribution in [0.2, 0.25) is 0 Å². The van der Waals surface area contributed by atoms with Gasteiger partial charge in [-0.25, -0.2) is 4.79 Å². The fourth-order valence-corrected chi connectivity index (χ4v) is 8.94. The van der Waals surface area contributed by atoms with Crippen molar-refractivity contribution < 1.29 is 58.2 Å². The third-order valence-corrected chi connectivity index (χ3v) is 13.9. The maximum Gasteiger partial charge on any atom is 0.335 e. The number of carbonyl (C=O) groups excluding carboxylic acids is 3. The first-order valence-electron chi connectivity index (χ1n) is 32.8. The van der Waals surface area contributed by atoms with Crippen LogP contribution in [-0.2, 0) is 42.9 Å². The van der Waals surface area contributed by atoms with Crippen LogP contribution in [0.25, 0.3) is 0 Å². The van der Waals surface area contributed by atoms with Crippen LogP contribution in [0.15, 0.2) is 146 Å². The molecule has 1 saturated heterocycles. The molecule has 0 aliphatic carbocycles. The summed E-state index contributed by atoms with van der Waals surface area (Å²) >= 11 is 0. The number of aliphatic carboxylic acids is 1. The van der Waals surface area contributed by atoms with Gasteiger partial charge in [0.05, 0.1) is 6.61 Å². The monoisotopic (exact) mass is 1180 g/mol. The first-order chi connectivity index (χ1) is 41.6. The van der Waals surface area contributed by atoms with Gasteiger partial charge in [0.25, 0.3) is 0 Å². The SMILES string of the molecule is CC/C=C\C/C=C\C/C=C\C/C=C\C/C=C\C/C=C\CCC(=O)OCC(COC1OC(C(=O)O)C(O)C(O)C1OC(=O)CCCCCCCCC/C=C\C/C=C\CCCCC)OC(=O)CCCCCCCC/C=C\C/C=C\C/C=C\C/C=C\CC. The zero-order valence-electron chi connectivity index (χ0n) is 52.8. The van der Waals surface area contributed by atoms with E-state index in [0.717, 1.165) is 161 Å². The first-order valence-corrected chi connectivity index (χ1v) is 32.8. The molecule has 12 heteroatoms. The largest absolute Gasteiger partial charge is 0.479 e. The van der Waals surface area contributed by atoms with E-state index < -0.39 is 67.3 Å². The smallest absolute Gasteiger partial charge is 0.335 e. The summed E-state index contributed by atoms with van der Waals surface area (Å²) in [5.41, 5.74) is 0. The zero-order chi connectivity index (χ0) is 61.7. The molecule has 1 heterocycles. The predicted octanol–water partition coefficient (Wildman–Crippen LogP) is 17.9. The van der Waals surface area contributed by atoms with E-state index in [2.05, 4.69) is 154 Å². The average molecular weight is 1180 g/mol. The molecule has 6 atom stereocenters. The molecule has 0 amide bonds. The van der Waals surface area contributed by atoms with Crippen LogP contribution in [0.4, 0.5) is 0 Å². The molecule has 85 heavy (non-hydrogen) atoms. The minimum absolute atomic E-state index is 0.0348. The number of carbonyl (C=O) groups is 4. The van der Waals surface area contributed by atoms with Gasteiger partial charge >= 0.3 is 23.9 Å². The molecule has 0 radical (unpaired) electrons. The number of allylic oxidation sites excluding steroid dienone is 24. The van der Waals surface area contributed by atoms with E-state index in [9.17, 15) is 34.5 Å². The van der Waals surface area contributed by atoms with Gasteiger partial charge < -0.3 is 39.0 Å². The molecule has 3 N–H and O–H groups in total. The Morgan fingerprint density at radius 2 is 0.765 bits per heavy atom. The summed E-state index contributed by atoms with van der Waals surface area (Å²) in [6.45, 7) is 5.67. The molecule has 6 unspecified atom stereocenters. The molecule has 12 nitrogen and oxygen atoms in total. The highest BCUT2D eigenvalue weighted by atomic mass is 16.7. The van der Waals surface area contributed by atoms with Crippen LogP contribution < -0.4 is 0 Å². The lowest BCUT2D eigenvalue weighted by Crippen LogP contribution is -2.61. The van der Waals surface area contributed by atoms with Gasteiger partial charge in [0.2, 0.25) is 0 Å². The summed E-state index contributed by atoms with van der Waals surface area (Å²) in [6.07, 6.45) is 72.4. The van der Waals surface area contributed by atoms with Crippen molar-refractivity contribution in [3.8, 4) is 0 Å². The third-order valence-electron chi connectivity index (χ3n) is 13.9. The molecule has 0 aromatic rings. The lowest BCUT2D eigenvalue weighted by Gasteiger charge is -2.40. The normalized spacial score (nSPS) is 18.4. The van der Waals surface area contributed by atoms with Crippen molar-refractivity contribution in [3.05, 3.63) is 146 Å². The fraction of sp³-hybridized carbons (Fsp3) is 0.616. The Kier molecular flexibility index (Phi) is 53.8. The van der Waals surface area contributed by atoms with E-state index in [1.165, 1.54) is 19.3 Å². The number of hydrogen-bond donors (Lipinski definition) is 3. The molecule has 1 aliphatic heterocycles. The van der Waals surface area contributed by atoms with Crippen molar-refractivity contribution in [2.45, 2.75) is 276 Å². The number of carboxylic acids is 1. The van der Waals surface area contributed by atoms with Gasteiger partial charge in [-0.2, -0.15) is 0 Å². The number of unbranched alkanes of at least 4 members (excludes halogenated alkanes) is 16. The van der Waals surface area contributed by atoms with E-state index in [1.54, 1.807) is 0 Å². The van der Waals surface area contributed by atoms with Gasteiger partial charge in [0.15, 0.2) is 24.6 Å². The minimum atomic E-state index is -1.93. The van der Waals surface area contributed by atoms with Gasteiger partial charge in [0, 0.05) is 19.3 Å². The molecule has 1 fully saturated rings. The first kappa shape index (κ1) is 77.6. The highest BCUT2D eigenvalue weighted by molar-refractivity contribution is 5.74. The highest BCUT2D eigenvalue weighted by Gasteiger charge is 2.50. The molecule has 0 saturated carbocycles. The number of aliphatic hydroxyl groups is 2. The van der Waals surface area contributed by atoms with Crippen molar-refractivity contribution in [2.24, 2.45) is 0 Å². The van der Waals surface area contributed by atoms with Crippen molar-refractivity contribution in [2.75, 3.05) is 13.2 Å². The van der Waals surface area contributed by atoms with Crippen molar-refractivity contribution in [1.29, 1.82) is 0 Å². The van der Waals surface area contributed by atoms with Crippen molar-refractivity contribution >= 4 is 23.9 Å². The van der Waals surface area contributed by atoms with E-state index >= 15 is 0 Å². The number of hydrogen-bond acceptors (Lipinski definition) is 11. The summed E-state index contributed by atoms with van der Waals surface area (Å²) in [6, 6.07) is 0. The van der Waals surface area contributed by atoms with Gasteiger partial charge in [-0.1, -0.05) is 237 Å². The van der Waals surface area contributed by atoms with E-state index in [1.807, 2.05) is 12.2 Å². The van der Waals surface area contributed by atoms with Crippen molar-refractivity contribution in [3.63, 3.8) is 0 Å². The third kappa shape index (κ3) is 48.4. The van der Waals surface area contributed by atoms with Crippen LogP contribution in [0.3, 0.4) is 0 Å². The Labute approximate surface area is 514 Å². The number of esters is 3. The number of rotatable bonds is 54. The molecule has 0 bridgehead atoms. The predicted molar refractivity (Wildman–Crippen MR) is 349 cm³/mol. The van der Waals surface area contributed by atoms with Crippen LogP contribution in [0.5, 0.6) is 0 Å². The van der Waals surface area contributed by atoms with Gasteiger partial charge in [-0.3, -0.25) is 14.4 Å². The van der Waals surface area contributed by atoms with Crippen LogP contribution in [0, 0.1) is 0 Å². The summed E-state index contributed by atoms with van der Waals surface area (Å²) in [4.78, 5) is 51.4. The number of ether oxygens (including phenoxy) is 5. The number of aliphatic hydroxyl groups excluding tert-OH is 2. The van der Waals surface area contributed by atoms with Crippen LogP contribution in [-0.4, -0.2) is 89.2 Å². The fourth-order valence-electron chi connectivity index (χ4n) is 8.94. The van der Waals surface area contributed by atoms with Crippen LogP contribution in [0.1, 0.15) is 239 Å².